The number of nitrogens with one attached hydrogen (secondary N) is 3. The molecule has 0 saturated heterocycles. The van der Waals surface area contributed by atoms with Gasteiger partial charge in [0.05, 0.1) is 4.90 Å². The number of benzene rings is 1. The molecule has 0 spiro atoms. The molecule has 3 N–H and O–H groups in total. The highest BCUT2D eigenvalue weighted by Gasteiger charge is 2.34. The molecule has 1 fully saturated rings. The maximum absolute atomic E-state index is 11.7. The van der Waals surface area contributed by atoms with E-state index in [0.717, 1.165) is 18.1 Å². The second-order valence-electron chi connectivity index (χ2n) is 6.34. The Morgan fingerprint density at radius 1 is 1.21 bits per heavy atom. The third kappa shape index (κ3) is 4.48. The summed E-state index contributed by atoms with van der Waals surface area (Å²) in [6.07, 6.45) is 5.09. The monoisotopic (exact) mass is 352 g/mol. The second kappa shape index (κ2) is 7.98. The Hall–Kier alpha value is -1.60. The SMILES string of the molecule is CCC1(CNC(=NC)NCc2ccc(S(=O)(=O)NC)cc2)CCC1. The van der Waals surface area contributed by atoms with Gasteiger partial charge in [-0.1, -0.05) is 25.5 Å². The average Bonchev–Trinajstić information content (AvgIpc) is 2.57. The number of rotatable bonds is 7. The van der Waals surface area contributed by atoms with Gasteiger partial charge in [-0.25, -0.2) is 13.1 Å². The first-order chi connectivity index (χ1) is 11.4. The number of guanidine groups is 1. The molecule has 0 unspecified atom stereocenters. The Morgan fingerprint density at radius 2 is 1.88 bits per heavy atom. The summed E-state index contributed by atoms with van der Waals surface area (Å²) in [5.74, 6) is 0.779. The van der Waals surface area contributed by atoms with Gasteiger partial charge in [-0.05, 0) is 49.4 Å². The first-order valence-corrected chi connectivity index (χ1v) is 9.90. The van der Waals surface area contributed by atoms with E-state index in [2.05, 4.69) is 27.3 Å². The summed E-state index contributed by atoms with van der Waals surface area (Å²) in [7, 11) is -0.212. The van der Waals surface area contributed by atoms with E-state index in [0.29, 0.717) is 12.0 Å². The number of aliphatic imine (C=N–C) groups is 1. The molecular weight excluding hydrogens is 324 g/mol. The van der Waals surface area contributed by atoms with Crippen molar-refractivity contribution in [2.24, 2.45) is 10.4 Å². The molecule has 0 atom stereocenters. The largest absolute Gasteiger partial charge is 0.356 e. The smallest absolute Gasteiger partial charge is 0.240 e. The van der Waals surface area contributed by atoms with Crippen LogP contribution in [-0.2, 0) is 16.6 Å². The molecule has 1 aliphatic carbocycles. The van der Waals surface area contributed by atoms with Crippen molar-refractivity contribution in [2.45, 2.75) is 44.0 Å². The minimum absolute atomic E-state index is 0.270. The van der Waals surface area contributed by atoms with Gasteiger partial charge in [-0.2, -0.15) is 0 Å². The van der Waals surface area contributed by atoms with E-state index >= 15 is 0 Å². The summed E-state index contributed by atoms with van der Waals surface area (Å²) in [4.78, 5) is 4.53. The first-order valence-electron chi connectivity index (χ1n) is 8.42. The van der Waals surface area contributed by atoms with Crippen LogP contribution in [0.25, 0.3) is 0 Å². The molecule has 0 aliphatic heterocycles. The van der Waals surface area contributed by atoms with Crippen molar-refractivity contribution in [3.8, 4) is 0 Å². The summed E-state index contributed by atoms with van der Waals surface area (Å²) in [5, 5.41) is 6.69. The summed E-state index contributed by atoms with van der Waals surface area (Å²) >= 11 is 0. The molecule has 1 aliphatic rings. The third-order valence-electron chi connectivity index (χ3n) is 4.98. The van der Waals surface area contributed by atoms with Crippen molar-refractivity contribution in [1.29, 1.82) is 0 Å². The lowest BCUT2D eigenvalue weighted by Crippen LogP contribution is -2.46. The van der Waals surface area contributed by atoms with E-state index in [4.69, 9.17) is 0 Å². The van der Waals surface area contributed by atoms with E-state index < -0.39 is 10.0 Å². The lowest BCUT2D eigenvalue weighted by Gasteiger charge is -2.41. The maximum atomic E-state index is 11.7. The molecular formula is C17H28N4O2S. The fraction of sp³-hybridized carbons (Fsp3) is 0.588. The van der Waals surface area contributed by atoms with Crippen molar-refractivity contribution in [1.82, 2.24) is 15.4 Å². The third-order valence-corrected chi connectivity index (χ3v) is 6.41. The van der Waals surface area contributed by atoms with Crippen LogP contribution in [0.5, 0.6) is 0 Å². The fourth-order valence-corrected chi connectivity index (χ4v) is 3.64. The van der Waals surface area contributed by atoms with Gasteiger partial charge in [0.25, 0.3) is 0 Å². The van der Waals surface area contributed by atoms with Gasteiger partial charge in [-0.3, -0.25) is 4.99 Å². The predicted octanol–water partition coefficient (Wildman–Crippen LogP) is 1.84. The zero-order chi connectivity index (χ0) is 17.6. The summed E-state index contributed by atoms with van der Waals surface area (Å²) in [6.45, 7) is 3.79. The van der Waals surface area contributed by atoms with Crippen molar-refractivity contribution >= 4 is 16.0 Å². The molecule has 1 aromatic carbocycles. The van der Waals surface area contributed by atoms with Crippen molar-refractivity contribution in [2.75, 3.05) is 20.6 Å². The second-order valence-corrected chi connectivity index (χ2v) is 8.22. The number of nitrogens with zero attached hydrogens (tertiary/aromatic N) is 1. The van der Waals surface area contributed by atoms with Gasteiger partial charge in [0.15, 0.2) is 5.96 Å². The standard InChI is InChI=1S/C17H28N4O2S/c1-4-17(10-5-11-17)13-21-16(18-2)20-12-14-6-8-15(9-7-14)24(22,23)19-3/h6-9,19H,4-5,10-13H2,1-3H3,(H2,18,20,21). The Labute approximate surface area is 145 Å². The van der Waals surface area contributed by atoms with Crippen LogP contribution in [0.4, 0.5) is 0 Å². The van der Waals surface area contributed by atoms with Crippen LogP contribution in [0.15, 0.2) is 34.2 Å². The van der Waals surface area contributed by atoms with Crippen LogP contribution in [-0.4, -0.2) is 35.0 Å². The molecule has 2 rings (SSSR count). The highest BCUT2D eigenvalue weighted by Crippen LogP contribution is 2.42. The molecule has 24 heavy (non-hydrogen) atoms. The van der Waals surface area contributed by atoms with Gasteiger partial charge < -0.3 is 10.6 Å². The molecule has 0 heterocycles. The minimum Gasteiger partial charge on any atom is -0.356 e. The predicted molar refractivity (Wildman–Crippen MR) is 97.5 cm³/mol. The van der Waals surface area contributed by atoms with Crippen molar-refractivity contribution in [3.63, 3.8) is 0 Å². The normalized spacial score (nSPS) is 17.2. The van der Waals surface area contributed by atoms with E-state index in [1.165, 1.54) is 32.7 Å². The first kappa shape index (κ1) is 18.7. The van der Waals surface area contributed by atoms with Crippen molar-refractivity contribution in [3.05, 3.63) is 29.8 Å². The van der Waals surface area contributed by atoms with Crippen LogP contribution in [0, 0.1) is 5.41 Å². The number of sulfonamides is 1. The molecule has 6 nitrogen and oxygen atoms in total. The molecule has 1 saturated carbocycles. The molecule has 134 valence electrons. The molecule has 0 bridgehead atoms. The van der Waals surface area contributed by atoms with Crippen LogP contribution in [0.1, 0.15) is 38.2 Å². The van der Waals surface area contributed by atoms with Crippen LogP contribution >= 0.6 is 0 Å². The molecule has 7 heteroatoms. The van der Waals surface area contributed by atoms with E-state index in [1.807, 2.05) is 12.1 Å². The lowest BCUT2D eigenvalue weighted by atomic mass is 9.67. The van der Waals surface area contributed by atoms with E-state index in [-0.39, 0.29) is 4.90 Å². The van der Waals surface area contributed by atoms with Gasteiger partial charge in [0.1, 0.15) is 0 Å². The summed E-state index contributed by atoms with van der Waals surface area (Å²) in [6, 6.07) is 6.84. The Morgan fingerprint density at radius 3 is 2.33 bits per heavy atom. The van der Waals surface area contributed by atoms with E-state index in [1.54, 1.807) is 19.2 Å². The zero-order valence-corrected chi connectivity index (χ0v) is 15.5. The Balaban J connectivity index is 1.87. The molecule has 0 aromatic heterocycles. The van der Waals surface area contributed by atoms with Gasteiger partial charge in [-0.15, -0.1) is 0 Å². The average molecular weight is 353 g/mol. The zero-order valence-electron chi connectivity index (χ0n) is 14.7. The molecule has 0 radical (unpaired) electrons. The highest BCUT2D eigenvalue weighted by molar-refractivity contribution is 7.89. The summed E-state index contributed by atoms with van der Waals surface area (Å²) < 4.78 is 25.7. The van der Waals surface area contributed by atoms with Crippen LogP contribution in [0.3, 0.4) is 0 Å². The number of hydrogen-bond acceptors (Lipinski definition) is 3. The minimum atomic E-state index is -3.38. The quantitative estimate of drug-likeness (QED) is 0.516. The highest BCUT2D eigenvalue weighted by atomic mass is 32.2. The van der Waals surface area contributed by atoms with Gasteiger partial charge in [0, 0.05) is 20.1 Å². The van der Waals surface area contributed by atoms with Crippen LogP contribution < -0.4 is 15.4 Å². The van der Waals surface area contributed by atoms with E-state index in [9.17, 15) is 8.42 Å². The van der Waals surface area contributed by atoms with Crippen molar-refractivity contribution < 1.29 is 8.42 Å². The summed E-state index contributed by atoms with van der Waals surface area (Å²) in [5.41, 5.74) is 1.43. The maximum Gasteiger partial charge on any atom is 0.240 e. The molecule has 1 aromatic rings. The van der Waals surface area contributed by atoms with Gasteiger partial charge >= 0.3 is 0 Å². The lowest BCUT2D eigenvalue weighted by molar-refractivity contribution is 0.131. The Bertz CT molecular complexity index is 659. The topological polar surface area (TPSA) is 82.6 Å². The number of hydrogen-bond donors (Lipinski definition) is 3. The van der Waals surface area contributed by atoms with Gasteiger partial charge in [0.2, 0.25) is 10.0 Å². The van der Waals surface area contributed by atoms with Crippen LogP contribution in [0.2, 0.25) is 0 Å². The fourth-order valence-electron chi connectivity index (χ4n) is 2.91. The molecule has 0 amide bonds. The Kier molecular flexibility index (Phi) is 6.23.